The monoisotopic (exact) mass is 259 g/mol. The third kappa shape index (κ3) is 2.04. The van der Waals surface area contributed by atoms with Crippen molar-refractivity contribution < 1.29 is 4.74 Å². The molecule has 18 heavy (non-hydrogen) atoms. The Hall–Kier alpha value is -1.32. The SMILES string of the molecule is CC1(C)Cc2cc(C(N)c3ccsc3)ccc2O1. The van der Waals surface area contributed by atoms with Crippen LogP contribution in [-0.2, 0) is 6.42 Å². The molecule has 0 saturated carbocycles. The molecule has 2 N–H and O–H groups in total. The van der Waals surface area contributed by atoms with E-state index in [-0.39, 0.29) is 11.6 Å². The number of thiophene rings is 1. The number of rotatable bonds is 2. The van der Waals surface area contributed by atoms with Gasteiger partial charge in [0.1, 0.15) is 11.4 Å². The lowest BCUT2D eigenvalue weighted by Gasteiger charge is -2.16. The van der Waals surface area contributed by atoms with Crippen LogP contribution in [0.4, 0.5) is 0 Å². The van der Waals surface area contributed by atoms with Crippen LogP contribution in [0.3, 0.4) is 0 Å². The maximum atomic E-state index is 6.29. The summed E-state index contributed by atoms with van der Waals surface area (Å²) < 4.78 is 5.88. The summed E-state index contributed by atoms with van der Waals surface area (Å²) in [7, 11) is 0. The maximum Gasteiger partial charge on any atom is 0.123 e. The normalized spacial score (nSPS) is 18.2. The van der Waals surface area contributed by atoms with E-state index in [0.29, 0.717) is 0 Å². The fourth-order valence-corrected chi connectivity index (χ4v) is 3.16. The van der Waals surface area contributed by atoms with Gasteiger partial charge in [0, 0.05) is 6.42 Å². The van der Waals surface area contributed by atoms with Crippen LogP contribution in [0.1, 0.15) is 36.6 Å². The summed E-state index contributed by atoms with van der Waals surface area (Å²) in [5.74, 6) is 1.00. The van der Waals surface area contributed by atoms with Crippen molar-refractivity contribution in [3.05, 3.63) is 51.7 Å². The predicted octanol–water partition coefficient (Wildman–Crippen LogP) is 3.51. The summed E-state index contributed by atoms with van der Waals surface area (Å²) >= 11 is 1.68. The molecule has 0 saturated heterocycles. The summed E-state index contributed by atoms with van der Waals surface area (Å²) in [5.41, 5.74) is 9.80. The Kier molecular flexibility index (Phi) is 2.68. The van der Waals surface area contributed by atoms with Crippen LogP contribution in [0, 0.1) is 0 Å². The van der Waals surface area contributed by atoms with Crippen molar-refractivity contribution in [1.82, 2.24) is 0 Å². The van der Waals surface area contributed by atoms with Crippen LogP contribution in [0.5, 0.6) is 5.75 Å². The van der Waals surface area contributed by atoms with E-state index < -0.39 is 0 Å². The smallest absolute Gasteiger partial charge is 0.123 e. The van der Waals surface area contributed by atoms with Crippen LogP contribution in [0.2, 0.25) is 0 Å². The molecular formula is C15H17NOS. The number of ether oxygens (including phenoxy) is 1. The Labute approximate surface area is 111 Å². The summed E-state index contributed by atoms with van der Waals surface area (Å²) in [4.78, 5) is 0. The predicted molar refractivity (Wildman–Crippen MR) is 75.2 cm³/mol. The van der Waals surface area contributed by atoms with Gasteiger partial charge in [-0.05, 0) is 53.4 Å². The van der Waals surface area contributed by atoms with Crippen LogP contribution < -0.4 is 10.5 Å². The molecule has 0 fully saturated rings. The van der Waals surface area contributed by atoms with Crippen molar-refractivity contribution in [2.24, 2.45) is 5.73 Å². The van der Waals surface area contributed by atoms with Gasteiger partial charge < -0.3 is 10.5 Å². The zero-order chi connectivity index (χ0) is 12.8. The van der Waals surface area contributed by atoms with Gasteiger partial charge in [0.25, 0.3) is 0 Å². The standard InChI is InChI=1S/C15H17NOS/c1-15(2)8-12-7-10(3-4-13(12)17-15)14(16)11-5-6-18-9-11/h3-7,9,14H,8,16H2,1-2H3. The van der Waals surface area contributed by atoms with Gasteiger partial charge in [-0.15, -0.1) is 0 Å². The second-order valence-corrected chi connectivity index (χ2v) is 6.22. The second-order valence-electron chi connectivity index (χ2n) is 5.44. The van der Waals surface area contributed by atoms with E-state index in [2.05, 4.69) is 42.8 Å². The van der Waals surface area contributed by atoms with Crippen LogP contribution in [0.15, 0.2) is 35.0 Å². The van der Waals surface area contributed by atoms with Gasteiger partial charge in [0.15, 0.2) is 0 Å². The second kappa shape index (κ2) is 4.11. The topological polar surface area (TPSA) is 35.2 Å². The van der Waals surface area contributed by atoms with Gasteiger partial charge in [-0.1, -0.05) is 12.1 Å². The zero-order valence-corrected chi connectivity index (χ0v) is 11.5. The Morgan fingerprint density at radius 2 is 2.11 bits per heavy atom. The fourth-order valence-electron chi connectivity index (χ4n) is 2.47. The van der Waals surface area contributed by atoms with Gasteiger partial charge in [0.05, 0.1) is 6.04 Å². The molecule has 0 radical (unpaired) electrons. The minimum Gasteiger partial charge on any atom is -0.487 e. The maximum absolute atomic E-state index is 6.29. The van der Waals surface area contributed by atoms with Gasteiger partial charge in [-0.2, -0.15) is 11.3 Å². The van der Waals surface area contributed by atoms with E-state index in [1.807, 2.05) is 6.07 Å². The summed E-state index contributed by atoms with van der Waals surface area (Å²) in [6.45, 7) is 4.23. The van der Waals surface area contributed by atoms with Crippen molar-refractivity contribution in [3.8, 4) is 5.75 Å². The molecule has 0 aliphatic carbocycles. The Balaban J connectivity index is 1.93. The molecule has 1 aliphatic rings. The molecule has 0 spiro atoms. The van der Waals surface area contributed by atoms with E-state index in [9.17, 15) is 0 Å². The first-order valence-corrected chi connectivity index (χ1v) is 7.09. The lowest BCUT2D eigenvalue weighted by atomic mass is 9.96. The quantitative estimate of drug-likeness (QED) is 0.895. The summed E-state index contributed by atoms with van der Waals surface area (Å²) in [6, 6.07) is 8.36. The highest BCUT2D eigenvalue weighted by Gasteiger charge is 2.30. The van der Waals surface area contributed by atoms with Crippen LogP contribution in [0.25, 0.3) is 0 Å². The molecule has 1 unspecified atom stereocenters. The average Bonchev–Trinajstić information content (AvgIpc) is 2.91. The first-order chi connectivity index (χ1) is 8.55. The molecule has 1 aromatic heterocycles. The third-order valence-corrected chi connectivity index (χ3v) is 4.05. The summed E-state index contributed by atoms with van der Waals surface area (Å²) in [5, 5.41) is 4.17. The van der Waals surface area contributed by atoms with E-state index in [4.69, 9.17) is 10.5 Å². The highest BCUT2D eigenvalue weighted by atomic mass is 32.1. The zero-order valence-electron chi connectivity index (χ0n) is 10.6. The van der Waals surface area contributed by atoms with Crippen molar-refractivity contribution in [1.29, 1.82) is 0 Å². The first-order valence-electron chi connectivity index (χ1n) is 6.15. The van der Waals surface area contributed by atoms with Crippen molar-refractivity contribution >= 4 is 11.3 Å². The molecule has 3 heteroatoms. The minimum atomic E-state index is -0.0898. The third-order valence-electron chi connectivity index (χ3n) is 3.35. The van der Waals surface area contributed by atoms with Crippen LogP contribution >= 0.6 is 11.3 Å². The Morgan fingerprint density at radius 1 is 1.28 bits per heavy atom. The lowest BCUT2D eigenvalue weighted by molar-refractivity contribution is 0.138. The Bertz CT molecular complexity index is 560. The molecule has 2 nitrogen and oxygen atoms in total. The largest absolute Gasteiger partial charge is 0.487 e. The fraction of sp³-hybridized carbons (Fsp3) is 0.333. The van der Waals surface area contributed by atoms with E-state index in [0.717, 1.165) is 17.7 Å². The molecule has 1 aromatic carbocycles. The van der Waals surface area contributed by atoms with Gasteiger partial charge in [-0.25, -0.2) is 0 Å². The molecular weight excluding hydrogens is 242 g/mol. The molecule has 0 bridgehead atoms. The molecule has 1 aliphatic heterocycles. The number of hydrogen-bond acceptors (Lipinski definition) is 3. The van der Waals surface area contributed by atoms with Crippen molar-refractivity contribution in [2.45, 2.75) is 31.9 Å². The van der Waals surface area contributed by atoms with E-state index >= 15 is 0 Å². The van der Waals surface area contributed by atoms with Gasteiger partial charge in [-0.3, -0.25) is 0 Å². The van der Waals surface area contributed by atoms with Crippen molar-refractivity contribution in [3.63, 3.8) is 0 Å². The van der Waals surface area contributed by atoms with Crippen LogP contribution in [-0.4, -0.2) is 5.60 Å². The number of hydrogen-bond donors (Lipinski definition) is 1. The first kappa shape index (κ1) is 11.8. The minimum absolute atomic E-state index is 0.0368. The van der Waals surface area contributed by atoms with Gasteiger partial charge >= 0.3 is 0 Å². The Morgan fingerprint density at radius 3 is 2.83 bits per heavy atom. The number of fused-ring (bicyclic) bond motifs is 1. The average molecular weight is 259 g/mol. The number of nitrogens with two attached hydrogens (primary N) is 1. The molecule has 0 amide bonds. The molecule has 2 aromatic rings. The molecule has 3 rings (SSSR count). The van der Waals surface area contributed by atoms with E-state index in [1.54, 1.807) is 11.3 Å². The molecule has 2 heterocycles. The highest BCUT2D eigenvalue weighted by molar-refractivity contribution is 7.08. The molecule has 1 atom stereocenters. The van der Waals surface area contributed by atoms with Crippen molar-refractivity contribution in [2.75, 3.05) is 0 Å². The molecule has 94 valence electrons. The van der Waals surface area contributed by atoms with Gasteiger partial charge in [0.2, 0.25) is 0 Å². The summed E-state index contributed by atoms with van der Waals surface area (Å²) in [6.07, 6.45) is 0.951. The highest BCUT2D eigenvalue weighted by Crippen LogP contribution is 2.36. The lowest BCUT2D eigenvalue weighted by Crippen LogP contribution is -2.24. The number of benzene rings is 1. The van der Waals surface area contributed by atoms with E-state index in [1.165, 1.54) is 11.1 Å².